The number of nitrogens with zero attached hydrogens (tertiary/aromatic N) is 2. The van der Waals surface area contributed by atoms with Crippen LogP contribution in [0, 0.1) is 13.8 Å². The molecule has 2 heterocycles. The summed E-state index contributed by atoms with van der Waals surface area (Å²) in [7, 11) is -2.96. The fraction of sp³-hybridized carbons (Fsp3) is 0.533. The Morgan fingerprint density at radius 2 is 2.10 bits per heavy atom. The summed E-state index contributed by atoms with van der Waals surface area (Å²) >= 11 is 1.69. The summed E-state index contributed by atoms with van der Waals surface area (Å²) in [4.78, 5) is 6.83. The van der Waals surface area contributed by atoms with Crippen LogP contribution in [-0.2, 0) is 9.84 Å². The van der Waals surface area contributed by atoms with Gasteiger partial charge in [-0.3, -0.25) is 4.99 Å². The molecule has 0 unspecified atom stereocenters. The van der Waals surface area contributed by atoms with E-state index in [-0.39, 0.29) is 23.6 Å². The summed E-state index contributed by atoms with van der Waals surface area (Å²) in [5, 5.41) is 0.967. The van der Waals surface area contributed by atoms with Crippen LogP contribution in [0.3, 0.4) is 0 Å². The molecule has 0 radical (unpaired) electrons. The van der Waals surface area contributed by atoms with Crippen LogP contribution in [0.1, 0.15) is 18.1 Å². The van der Waals surface area contributed by atoms with Crippen LogP contribution in [0.2, 0.25) is 0 Å². The van der Waals surface area contributed by atoms with Gasteiger partial charge in [-0.15, -0.1) is 0 Å². The Morgan fingerprint density at radius 1 is 1.33 bits per heavy atom. The van der Waals surface area contributed by atoms with Gasteiger partial charge in [-0.25, -0.2) is 8.42 Å². The summed E-state index contributed by atoms with van der Waals surface area (Å²) in [5.74, 6) is 1.33. The van der Waals surface area contributed by atoms with Crippen molar-refractivity contribution in [1.82, 2.24) is 0 Å². The summed E-state index contributed by atoms with van der Waals surface area (Å²) in [6.07, 6.45) is 0. The van der Waals surface area contributed by atoms with E-state index in [1.54, 1.807) is 11.8 Å². The Kier molecular flexibility index (Phi) is 3.78. The lowest BCUT2D eigenvalue weighted by Gasteiger charge is -2.28. The minimum Gasteiger partial charge on any atom is -0.315 e. The zero-order valence-electron chi connectivity index (χ0n) is 12.5. The van der Waals surface area contributed by atoms with Crippen molar-refractivity contribution in [2.45, 2.75) is 32.9 Å². The number of hydrogen-bond acceptors (Lipinski definition) is 5. The molecular weight excluding hydrogens is 304 g/mol. The van der Waals surface area contributed by atoms with Gasteiger partial charge >= 0.3 is 0 Å². The van der Waals surface area contributed by atoms with Crippen LogP contribution in [0.25, 0.3) is 0 Å². The highest BCUT2D eigenvalue weighted by Crippen LogP contribution is 2.36. The number of amidine groups is 1. The molecule has 1 aromatic rings. The molecule has 1 aromatic carbocycles. The first-order valence-electron chi connectivity index (χ1n) is 7.19. The zero-order chi connectivity index (χ0) is 15.2. The first-order valence-corrected chi connectivity index (χ1v) is 9.99. The number of benzene rings is 1. The fourth-order valence-corrected chi connectivity index (χ4v) is 5.81. The molecule has 3 rings (SSSR count). The van der Waals surface area contributed by atoms with Crippen LogP contribution < -0.4 is 4.90 Å². The van der Waals surface area contributed by atoms with E-state index in [4.69, 9.17) is 0 Å². The summed E-state index contributed by atoms with van der Waals surface area (Å²) in [5.41, 5.74) is 3.47. The Bertz CT molecular complexity index is 698. The maximum absolute atomic E-state index is 11.9. The molecule has 0 aliphatic carbocycles. The summed E-state index contributed by atoms with van der Waals surface area (Å²) < 4.78 is 23.8. The molecule has 4 nitrogen and oxygen atoms in total. The van der Waals surface area contributed by atoms with Crippen LogP contribution in [0.5, 0.6) is 0 Å². The smallest absolute Gasteiger partial charge is 0.164 e. The van der Waals surface area contributed by atoms with E-state index in [1.165, 1.54) is 11.1 Å². The average molecular weight is 324 g/mol. The van der Waals surface area contributed by atoms with Gasteiger partial charge in [0, 0.05) is 5.69 Å². The molecule has 21 heavy (non-hydrogen) atoms. The number of hydrogen-bond donors (Lipinski definition) is 0. The number of aryl methyl sites for hydroxylation is 2. The van der Waals surface area contributed by atoms with Crippen LogP contribution in [0.4, 0.5) is 5.69 Å². The second-order valence-electron chi connectivity index (χ2n) is 5.72. The predicted octanol–water partition coefficient (Wildman–Crippen LogP) is 2.40. The van der Waals surface area contributed by atoms with Gasteiger partial charge in [0.1, 0.15) is 0 Å². The standard InChI is InChI=1S/C15H20N2O2S2/c1-4-20-15-16-12-8-21(18,19)9-14(12)17(15)13-6-5-10(2)7-11(13)3/h5-7,12,14H,4,8-9H2,1-3H3/t12-,14+/m1/s1. The normalized spacial score (nSPS) is 26.8. The minimum atomic E-state index is -2.96. The molecule has 0 bridgehead atoms. The molecule has 0 amide bonds. The molecular formula is C15H20N2O2S2. The lowest BCUT2D eigenvalue weighted by molar-refractivity contribution is 0.601. The highest BCUT2D eigenvalue weighted by Gasteiger charge is 2.47. The lowest BCUT2D eigenvalue weighted by Crippen LogP contribution is -2.39. The monoisotopic (exact) mass is 324 g/mol. The van der Waals surface area contributed by atoms with E-state index >= 15 is 0 Å². The largest absolute Gasteiger partial charge is 0.315 e. The lowest BCUT2D eigenvalue weighted by atomic mass is 10.1. The van der Waals surface area contributed by atoms with Crippen molar-refractivity contribution in [3.63, 3.8) is 0 Å². The van der Waals surface area contributed by atoms with Crippen molar-refractivity contribution in [2.24, 2.45) is 4.99 Å². The molecule has 1 saturated heterocycles. The minimum absolute atomic E-state index is 0.0366. The second kappa shape index (κ2) is 5.32. The van der Waals surface area contributed by atoms with E-state index < -0.39 is 9.84 Å². The molecule has 114 valence electrons. The third-order valence-electron chi connectivity index (χ3n) is 3.99. The molecule has 0 N–H and O–H groups in total. The maximum Gasteiger partial charge on any atom is 0.164 e. The maximum atomic E-state index is 11.9. The van der Waals surface area contributed by atoms with Crippen LogP contribution in [0.15, 0.2) is 23.2 Å². The third-order valence-corrected chi connectivity index (χ3v) is 6.54. The number of sulfone groups is 1. The first kappa shape index (κ1) is 14.9. The molecule has 0 saturated carbocycles. The van der Waals surface area contributed by atoms with Crippen molar-refractivity contribution in [3.8, 4) is 0 Å². The first-order chi connectivity index (χ1) is 9.91. The number of rotatable bonds is 2. The molecule has 2 atom stereocenters. The molecule has 6 heteroatoms. The van der Waals surface area contributed by atoms with E-state index in [9.17, 15) is 8.42 Å². The fourth-order valence-electron chi connectivity index (χ4n) is 3.12. The molecule has 2 aliphatic rings. The Labute approximate surface area is 130 Å². The summed E-state index contributed by atoms with van der Waals surface area (Å²) in [6.45, 7) is 6.24. The number of fused-ring (bicyclic) bond motifs is 1. The molecule has 2 aliphatic heterocycles. The van der Waals surface area contributed by atoms with E-state index in [0.29, 0.717) is 0 Å². The molecule has 1 fully saturated rings. The number of thioether (sulfide) groups is 1. The van der Waals surface area contributed by atoms with Gasteiger partial charge in [0.2, 0.25) is 0 Å². The van der Waals surface area contributed by atoms with Crippen molar-refractivity contribution < 1.29 is 8.42 Å². The Balaban J connectivity index is 2.03. The third kappa shape index (κ3) is 2.71. The zero-order valence-corrected chi connectivity index (χ0v) is 14.2. The molecule has 0 spiro atoms. The summed E-state index contributed by atoms with van der Waals surface area (Å²) in [6, 6.07) is 6.16. The highest BCUT2D eigenvalue weighted by atomic mass is 32.2. The number of aliphatic imine (C=N–C) groups is 1. The van der Waals surface area contributed by atoms with Gasteiger partial charge in [0.25, 0.3) is 0 Å². The topological polar surface area (TPSA) is 49.7 Å². The second-order valence-corrected chi connectivity index (χ2v) is 9.10. The van der Waals surface area contributed by atoms with Gasteiger partial charge in [0.15, 0.2) is 15.0 Å². The van der Waals surface area contributed by atoms with Gasteiger partial charge in [-0.2, -0.15) is 0 Å². The SMILES string of the molecule is CCSC1=N[C@@H]2CS(=O)(=O)C[C@@H]2N1c1ccc(C)cc1C. The Hall–Kier alpha value is -1.01. The highest BCUT2D eigenvalue weighted by molar-refractivity contribution is 8.14. The van der Waals surface area contributed by atoms with Crippen molar-refractivity contribution in [3.05, 3.63) is 29.3 Å². The van der Waals surface area contributed by atoms with Gasteiger partial charge in [-0.05, 0) is 31.2 Å². The molecule has 0 aromatic heterocycles. The van der Waals surface area contributed by atoms with Crippen LogP contribution in [-0.4, -0.2) is 42.9 Å². The van der Waals surface area contributed by atoms with E-state index in [1.807, 2.05) is 0 Å². The quantitative estimate of drug-likeness (QED) is 0.838. The van der Waals surface area contributed by atoms with E-state index in [2.05, 4.69) is 48.9 Å². The van der Waals surface area contributed by atoms with Gasteiger partial charge in [-0.1, -0.05) is 36.4 Å². The van der Waals surface area contributed by atoms with E-state index in [0.717, 1.165) is 16.6 Å². The Morgan fingerprint density at radius 3 is 2.76 bits per heavy atom. The van der Waals surface area contributed by atoms with Crippen molar-refractivity contribution >= 4 is 32.5 Å². The van der Waals surface area contributed by atoms with Crippen molar-refractivity contribution in [2.75, 3.05) is 22.2 Å². The number of anilines is 1. The van der Waals surface area contributed by atoms with Crippen molar-refractivity contribution in [1.29, 1.82) is 0 Å². The van der Waals surface area contributed by atoms with Gasteiger partial charge < -0.3 is 4.90 Å². The van der Waals surface area contributed by atoms with Gasteiger partial charge in [0.05, 0.1) is 23.6 Å². The average Bonchev–Trinajstić information content (AvgIpc) is 2.82. The van der Waals surface area contributed by atoms with Crippen LogP contribution >= 0.6 is 11.8 Å². The predicted molar refractivity (Wildman–Crippen MR) is 90.2 cm³/mol.